The van der Waals surface area contributed by atoms with Gasteiger partial charge in [-0.05, 0) is 19.1 Å². The predicted molar refractivity (Wildman–Crippen MR) is 121 cm³/mol. The Morgan fingerprint density at radius 1 is 1.06 bits per heavy atom. The highest BCUT2D eigenvalue weighted by atomic mass is 19.1. The standard InChI is InChI=1S/C22H21F2N7O2/c1-4-31-10-14(24)20-19(22(31)33)16(11-30(20)3)28-15-7-18(27-9-13(15)21(32)25-2)29-17-6-5-12(23)8-26-17/h5-11H,4H2,1-3H3,(H,25,32)(H2,26,27,28,29). The number of carbonyl (C=O) groups is 1. The van der Waals surface area contributed by atoms with Crippen LogP contribution in [0.1, 0.15) is 17.3 Å². The van der Waals surface area contributed by atoms with Crippen molar-refractivity contribution in [1.82, 2.24) is 24.4 Å². The second-order valence-corrected chi connectivity index (χ2v) is 7.25. The van der Waals surface area contributed by atoms with E-state index in [1.54, 1.807) is 26.2 Å². The number of hydrogen-bond donors (Lipinski definition) is 3. The lowest BCUT2D eigenvalue weighted by Crippen LogP contribution is -2.21. The third kappa shape index (κ3) is 4.12. The smallest absolute Gasteiger partial charge is 0.262 e. The molecule has 1 amide bonds. The fourth-order valence-electron chi connectivity index (χ4n) is 3.53. The van der Waals surface area contributed by atoms with Gasteiger partial charge >= 0.3 is 0 Å². The lowest BCUT2D eigenvalue weighted by atomic mass is 10.2. The number of anilines is 4. The van der Waals surface area contributed by atoms with Gasteiger partial charge in [-0.1, -0.05) is 0 Å². The van der Waals surface area contributed by atoms with E-state index in [1.807, 2.05) is 0 Å². The summed E-state index contributed by atoms with van der Waals surface area (Å²) in [6.07, 6.45) is 5.17. The maximum Gasteiger partial charge on any atom is 0.262 e. The zero-order valence-electron chi connectivity index (χ0n) is 18.1. The van der Waals surface area contributed by atoms with Crippen LogP contribution in [-0.2, 0) is 13.6 Å². The second-order valence-electron chi connectivity index (χ2n) is 7.25. The Kier molecular flexibility index (Phi) is 5.78. The largest absolute Gasteiger partial charge is 0.355 e. The molecule has 0 bridgehead atoms. The number of aromatic nitrogens is 4. The highest BCUT2D eigenvalue weighted by Gasteiger charge is 2.19. The first-order chi connectivity index (χ1) is 15.8. The summed E-state index contributed by atoms with van der Waals surface area (Å²) in [4.78, 5) is 33.5. The fourth-order valence-corrected chi connectivity index (χ4v) is 3.53. The Labute approximate surface area is 187 Å². The van der Waals surface area contributed by atoms with Gasteiger partial charge in [0, 0.05) is 45.3 Å². The van der Waals surface area contributed by atoms with E-state index in [0.717, 1.165) is 6.20 Å². The van der Waals surface area contributed by atoms with Crippen LogP contribution in [0.3, 0.4) is 0 Å². The van der Waals surface area contributed by atoms with Crippen LogP contribution in [0, 0.1) is 11.6 Å². The zero-order chi connectivity index (χ0) is 23.7. The van der Waals surface area contributed by atoms with Crippen LogP contribution < -0.4 is 21.5 Å². The zero-order valence-corrected chi connectivity index (χ0v) is 18.1. The van der Waals surface area contributed by atoms with Crippen molar-refractivity contribution < 1.29 is 13.6 Å². The molecule has 0 aromatic carbocycles. The van der Waals surface area contributed by atoms with Gasteiger partial charge in [0.1, 0.15) is 17.5 Å². The van der Waals surface area contributed by atoms with E-state index in [9.17, 15) is 18.4 Å². The lowest BCUT2D eigenvalue weighted by Gasteiger charge is -2.13. The molecule has 9 nitrogen and oxygen atoms in total. The fraction of sp³-hybridized carbons (Fsp3) is 0.182. The summed E-state index contributed by atoms with van der Waals surface area (Å²) in [6, 6.07) is 4.24. The molecular formula is C22H21F2N7O2. The van der Waals surface area contributed by atoms with Crippen LogP contribution in [0.5, 0.6) is 0 Å². The molecule has 0 spiro atoms. The molecule has 0 atom stereocenters. The number of aryl methyl sites for hydroxylation is 2. The lowest BCUT2D eigenvalue weighted by molar-refractivity contribution is 0.0963. The van der Waals surface area contributed by atoms with Crippen molar-refractivity contribution in [3.63, 3.8) is 0 Å². The van der Waals surface area contributed by atoms with Gasteiger partial charge in [-0.2, -0.15) is 0 Å². The molecule has 0 radical (unpaired) electrons. The van der Waals surface area contributed by atoms with E-state index in [-0.39, 0.29) is 22.0 Å². The predicted octanol–water partition coefficient (Wildman–Crippen LogP) is 3.27. The van der Waals surface area contributed by atoms with E-state index >= 15 is 0 Å². The molecule has 0 saturated heterocycles. The van der Waals surface area contributed by atoms with E-state index in [2.05, 4.69) is 25.9 Å². The van der Waals surface area contributed by atoms with Crippen LogP contribution in [0.15, 0.2) is 47.8 Å². The van der Waals surface area contributed by atoms with Crippen LogP contribution >= 0.6 is 0 Å². The minimum atomic E-state index is -0.534. The van der Waals surface area contributed by atoms with Crippen molar-refractivity contribution in [3.8, 4) is 0 Å². The highest BCUT2D eigenvalue weighted by Crippen LogP contribution is 2.30. The van der Waals surface area contributed by atoms with Crippen molar-refractivity contribution in [2.45, 2.75) is 13.5 Å². The Balaban J connectivity index is 1.81. The highest BCUT2D eigenvalue weighted by molar-refractivity contribution is 6.02. The summed E-state index contributed by atoms with van der Waals surface area (Å²) in [7, 11) is 3.11. The quantitative estimate of drug-likeness (QED) is 0.414. The molecular weight excluding hydrogens is 432 g/mol. The third-order valence-electron chi connectivity index (χ3n) is 5.12. The number of halogens is 2. The number of pyridine rings is 3. The monoisotopic (exact) mass is 453 g/mol. The SMILES string of the molecule is CCn1cc(F)c2c(c(Nc3cc(Nc4ccc(F)cn4)ncc3C(=O)NC)cn2C)c1=O. The topological polar surface area (TPSA) is 106 Å². The van der Waals surface area contributed by atoms with Gasteiger partial charge in [0.05, 0.1) is 34.0 Å². The number of nitrogens with one attached hydrogen (secondary N) is 3. The second kappa shape index (κ2) is 8.69. The number of fused-ring (bicyclic) bond motifs is 1. The summed E-state index contributed by atoms with van der Waals surface area (Å²) >= 11 is 0. The molecule has 33 heavy (non-hydrogen) atoms. The van der Waals surface area contributed by atoms with Crippen molar-refractivity contribution in [2.24, 2.45) is 7.05 Å². The average molecular weight is 453 g/mol. The van der Waals surface area contributed by atoms with Gasteiger partial charge in [-0.3, -0.25) is 9.59 Å². The number of rotatable bonds is 6. The van der Waals surface area contributed by atoms with E-state index in [0.29, 0.717) is 29.6 Å². The van der Waals surface area contributed by atoms with E-state index in [4.69, 9.17) is 0 Å². The Hall–Kier alpha value is -4.28. The first-order valence-electron chi connectivity index (χ1n) is 10.1. The summed E-state index contributed by atoms with van der Waals surface area (Å²) < 4.78 is 30.6. The van der Waals surface area contributed by atoms with Gasteiger partial charge in [0.2, 0.25) is 0 Å². The van der Waals surface area contributed by atoms with Crippen molar-refractivity contribution >= 4 is 39.8 Å². The van der Waals surface area contributed by atoms with Crippen molar-refractivity contribution in [3.05, 3.63) is 70.5 Å². The Morgan fingerprint density at radius 2 is 1.82 bits per heavy atom. The maximum absolute atomic E-state index is 14.7. The molecule has 4 aromatic rings. The molecule has 0 unspecified atom stereocenters. The summed E-state index contributed by atoms with van der Waals surface area (Å²) in [5, 5.41) is 8.72. The van der Waals surface area contributed by atoms with Gasteiger partial charge in [-0.25, -0.2) is 18.7 Å². The molecule has 4 heterocycles. The maximum atomic E-state index is 14.7. The molecule has 0 aliphatic carbocycles. The summed E-state index contributed by atoms with van der Waals surface area (Å²) in [5.41, 5.74) is 0.659. The minimum Gasteiger partial charge on any atom is -0.355 e. The van der Waals surface area contributed by atoms with Crippen molar-refractivity contribution in [2.75, 3.05) is 17.7 Å². The molecule has 0 aliphatic heterocycles. The molecule has 4 rings (SSSR count). The number of carbonyl (C=O) groups excluding carboxylic acids is 1. The molecule has 3 N–H and O–H groups in total. The summed E-state index contributed by atoms with van der Waals surface area (Å²) in [5.74, 6) is -0.754. The van der Waals surface area contributed by atoms with Gasteiger partial charge < -0.3 is 25.1 Å². The Morgan fingerprint density at radius 3 is 2.48 bits per heavy atom. The minimum absolute atomic E-state index is 0.150. The molecule has 0 fully saturated rings. The Bertz CT molecular complexity index is 1410. The van der Waals surface area contributed by atoms with Crippen LogP contribution in [-0.4, -0.2) is 32.1 Å². The third-order valence-corrected chi connectivity index (χ3v) is 5.12. The number of amides is 1. The van der Waals surface area contributed by atoms with Crippen LogP contribution in [0.4, 0.5) is 31.8 Å². The first-order valence-corrected chi connectivity index (χ1v) is 10.1. The van der Waals surface area contributed by atoms with E-state index < -0.39 is 17.5 Å². The van der Waals surface area contributed by atoms with Gasteiger partial charge in [0.25, 0.3) is 11.5 Å². The van der Waals surface area contributed by atoms with Gasteiger partial charge in [-0.15, -0.1) is 0 Å². The molecule has 4 aromatic heterocycles. The van der Waals surface area contributed by atoms with E-state index in [1.165, 1.54) is 40.7 Å². The number of hydrogen-bond acceptors (Lipinski definition) is 6. The number of nitrogens with zero attached hydrogens (tertiary/aromatic N) is 4. The first kappa shape index (κ1) is 21.9. The average Bonchev–Trinajstić information content (AvgIpc) is 3.14. The van der Waals surface area contributed by atoms with Crippen LogP contribution in [0.2, 0.25) is 0 Å². The van der Waals surface area contributed by atoms with Crippen molar-refractivity contribution in [1.29, 1.82) is 0 Å². The molecule has 0 saturated carbocycles. The molecule has 170 valence electrons. The normalized spacial score (nSPS) is 10.9. The summed E-state index contributed by atoms with van der Waals surface area (Å²) in [6.45, 7) is 2.05. The van der Waals surface area contributed by atoms with Crippen LogP contribution in [0.25, 0.3) is 10.9 Å². The molecule has 11 heteroatoms. The molecule has 0 aliphatic rings. The van der Waals surface area contributed by atoms with Gasteiger partial charge in [0.15, 0.2) is 5.82 Å².